The van der Waals surface area contributed by atoms with Crippen LogP contribution >= 0.6 is 15.9 Å². The number of aliphatic hydroxyl groups excluding tert-OH is 1. The van der Waals surface area contributed by atoms with Gasteiger partial charge in [-0.25, -0.2) is 4.68 Å². The van der Waals surface area contributed by atoms with E-state index in [2.05, 4.69) is 32.3 Å². The molecule has 0 unspecified atom stereocenters. The Balaban J connectivity index is 2.13. The highest BCUT2D eigenvalue weighted by Crippen LogP contribution is 2.37. The Labute approximate surface area is 126 Å². The van der Waals surface area contributed by atoms with Crippen molar-refractivity contribution in [3.8, 4) is 12.3 Å². The van der Waals surface area contributed by atoms with Crippen LogP contribution in [0.4, 0.5) is 5.69 Å². The van der Waals surface area contributed by atoms with Gasteiger partial charge in [-0.05, 0) is 28.8 Å². The maximum atomic E-state index is 12.0. The van der Waals surface area contributed by atoms with E-state index >= 15 is 0 Å². The SMILES string of the molecule is C#CCn1ncc(NCC2(CO)CCCC2)c(Br)c1=O. The molecule has 0 bridgehead atoms. The number of hydrogen-bond donors (Lipinski definition) is 2. The van der Waals surface area contributed by atoms with Gasteiger partial charge >= 0.3 is 0 Å². The first-order chi connectivity index (χ1) is 9.62. The molecule has 1 aliphatic rings. The first-order valence-corrected chi connectivity index (χ1v) is 7.45. The fourth-order valence-corrected chi connectivity index (χ4v) is 3.03. The van der Waals surface area contributed by atoms with Crippen LogP contribution in [0.3, 0.4) is 0 Å². The molecule has 1 aromatic rings. The lowest BCUT2D eigenvalue weighted by Crippen LogP contribution is -2.32. The Bertz CT molecular complexity index is 571. The van der Waals surface area contributed by atoms with Gasteiger partial charge in [-0.1, -0.05) is 18.8 Å². The van der Waals surface area contributed by atoms with Crippen LogP contribution in [0.1, 0.15) is 25.7 Å². The minimum absolute atomic E-state index is 0.0763. The quantitative estimate of drug-likeness (QED) is 0.799. The van der Waals surface area contributed by atoms with Crippen molar-refractivity contribution in [3.63, 3.8) is 0 Å². The van der Waals surface area contributed by atoms with Crippen molar-refractivity contribution in [2.75, 3.05) is 18.5 Å². The van der Waals surface area contributed by atoms with E-state index in [1.807, 2.05) is 0 Å². The van der Waals surface area contributed by atoms with E-state index in [4.69, 9.17) is 6.42 Å². The maximum Gasteiger partial charge on any atom is 0.284 e. The van der Waals surface area contributed by atoms with Crippen LogP contribution in [0, 0.1) is 17.8 Å². The molecule has 2 rings (SSSR count). The van der Waals surface area contributed by atoms with Crippen molar-refractivity contribution in [2.24, 2.45) is 5.41 Å². The Morgan fingerprint density at radius 3 is 2.85 bits per heavy atom. The van der Waals surface area contributed by atoms with Crippen molar-refractivity contribution >= 4 is 21.6 Å². The van der Waals surface area contributed by atoms with Gasteiger partial charge in [0.25, 0.3) is 5.56 Å². The molecule has 20 heavy (non-hydrogen) atoms. The number of terminal acetylenes is 1. The molecule has 0 amide bonds. The third-order valence-corrected chi connectivity index (χ3v) is 4.65. The largest absolute Gasteiger partial charge is 0.396 e. The summed E-state index contributed by atoms with van der Waals surface area (Å²) in [6.07, 6.45) is 11.1. The van der Waals surface area contributed by atoms with E-state index in [0.29, 0.717) is 16.7 Å². The zero-order valence-electron chi connectivity index (χ0n) is 11.2. The predicted molar refractivity (Wildman–Crippen MR) is 81.5 cm³/mol. The van der Waals surface area contributed by atoms with Crippen LogP contribution in [0.5, 0.6) is 0 Å². The van der Waals surface area contributed by atoms with Gasteiger partial charge in [-0.3, -0.25) is 4.79 Å². The first kappa shape index (κ1) is 15.1. The standard InChI is InChI=1S/C14H18BrN3O2/c1-2-7-18-13(20)12(15)11(8-17-18)16-9-14(10-19)5-3-4-6-14/h1,8,16,19H,3-7,9-10H2. The van der Waals surface area contributed by atoms with E-state index in [1.54, 1.807) is 6.20 Å². The average Bonchev–Trinajstić information content (AvgIpc) is 2.93. The highest BCUT2D eigenvalue weighted by Gasteiger charge is 2.33. The molecule has 1 aliphatic carbocycles. The zero-order valence-corrected chi connectivity index (χ0v) is 12.8. The van der Waals surface area contributed by atoms with Gasteiger partial charge in [0.05, 0.1) is 18.5 Å². The Morgan fingerprint density at radius 2 is 2.25 bits per heavy atom. The lowest BCUT2D eigenvalue weighted by atomic mass is 9.87. The molecule has 1 saturated carbocycles. The van der Waals surface area contributed by atoms with Gasteiger partial charge in [0.2, 0.25) is 0 Å². The summed E-state index contributed by atoms with van der Waals surface area (Å²) in [6, 6.07) is 0. The highest BCUT2D eigenvalue weighted by atomic mass is 79.9. The number of rotatable bonds is 5. The second kappa shape index (κ2) is 6.42. The van der Waals surface area contributed by atoms with Crippen molar-refractivity contribution in [2.45, 2.75) is 32.2 Å². The van der Waals surface area contributed by atoms with E-state index in [9.17, 15) is 9.90 Å². The van der Waals surface area contributed by atoms with Crippen LogP contribution in [0.2, 0.25) is 0 Å². The van der Waals surface area contributed by atoms with E-state index in [-0.39, 0.29) is 24.1 Å². The van der Waals surface area contributed by atoms with Crippen molar-refractivity contribution < 1.29 is 5.11 Å². The molecule has 0 atom stereocenters. The van der Waals surface area contributed by atoms with Crippen molar-refractivity contribution in [3.05, 3.63) is 21.0 Å². The van der Waals surface area contributed by atoms with E-state index < -0.39 is 0 Å². The minimum atomic E-state index is -0.252. The van der Waals surface area contributed by atoms with Gasteiger partial charge in [0, 0.05) is 12.0 Å². The molecule has 1 aromatic heterocycles. The molecule has 0 spiro atoms. The Hall–Kier alpha value is -1.32. The first-order valence-electron chi connectivity index (χ1n) is 6.66. The third kappa shape index (κ3) is 3.05. The molecule has 2 N–H and O–H groups in total. The van der Waals surface area contributed by atoms with Gasteiger partial charge in [0.1, 0.15) is 11.0 Å². The number of aliphatic hydroxyl groups is 1. The summed E-state index contributed by atoms with van der Waals surface area (Å²) in [5, 5.41) is 16.8. The number of nitrogens with zero attached hydrogens (tertiary/aromatic N) is 2. The van der Waals surface area contributed by atoms with Gasteiger partial charge in [0.15, 0.2) is 0 Å². The van der Waals surface area contributed by atoms with Crippen LogP contribution in [0.15, 0.2) is 15.5 Å². The fourth-order valence-electron chi connectivity index (χ4n) is 2.59. The lowest BCUT2D eigenvalue weighted by Gasteiger charge is -2.27. The molecule has 1 heterocycles. The van der Waals surface area contributed by atoms with Gasteiger partial charge in [-0.15, -0.1) is 6.42 Å². The van der Waals surface area contributed by atoms with Crippen LogP contribution < -0.4 is 10.9 Å². The molecule has 0 aromatic carbocycles. The fraction of sp³-hybridized carbons (Fsp3) is 0.571. The summed E-state index contributed by atoms with van der Waals surface area (Å²) < 4.78 is 1.65. The average molecular weight is 340 g/mol. The summed E-state index contributed by atoms with van der Waals surface area (Å²) in [5.41, 5.74) is 0.313. The lowest BCUT2D eigenvalue weighted by molar-refractivity contribution is 0.142. The highest BCUT2D eigenvalue weighted by molar-refractivity contribution is 9.10. The Morgan fingerprint density at radius 1 is 1.55 bits per heavy atom. The summed E-state index contributed by atoms with van der Waals surface area (Å²) >= 11 is 3.28. The normalized spacial score (nSPS) is 16.9. The summed E-state index contributed by atoms with van der Waals surface area (Å²) in [5.74, 6) is 2.39. The smallest absolute Gasteiger partial charge is 0.284 e. The molecule has 0 saturated heterocycles. The second-order valence-corrected chi connectivity index (χ2v) is 6.05. The molecular weight excluding hydrogens is 322 g/mol. The van der Waals surface area contributed by atoms with E-state index in [0.717, 1.165) is 25.7 Å². The minimum Gasteiger partial charge on any atom is -0.396 e. The molecule has 0 radical (unpaired) electrons. The van der Waals surface area contributed by atoms with Gasteiger partial charge in [-0.2, -0.15) is 5.10 Å². The molecule has 0 aliphatic heterocycles. The predicted octanol–water partition coefficient (Wildman–Crippen LogP) is 1.60. The van der Waals surface area contributed by atoms with Crippen LogP contribution in [-0.2, 0) is 6.54 Å². The molecule has 108 valence electrons. The summed E-state index contributed by atoms with van der Waals surface area (Å²) in [6.45, 7) is 0.958. The summed E-state index contributed by atoms with van der Waals surface area (Å²) in [7, 11) is 0. The van der Waals surface area contributed by atoms with Crippen LogP contribution in [-0.4, -0.2) is 28.0 Å². The third-order valence-electron chi connectivity index (χ3n) is 3.88. The summed E-state index contributed by atoms with van der Waals surface area (Å²) in [4.78, 5) is 12.0. The van der Waals surface area contributed by atoms with Crippen molar-refractivity contribution in [1.29, 1.82) is 0 Å². The Kier molecular flexibility index (Phi) is 4.84. The van der Waals surface area contributed by atoms with E-state index in [1.165, 1.54) is 4.68 Å². The molecule has 5 nitrogen and oxygen atoms in total. The number of halogens is 1. The number of anilines is 1. The van der Waals surface area contributed by atoms with Crippen LogP contribution in [0.25, 0.3) is 0 Å². The zero-order chi connectivity index (χ0) is 14.6. The molecular formula is C14H18BrN3O2. The number of hydrogen-bond acceptors (Lipinski definition) is 4. The number of nitrogens with one attached hydrogen (secondary N) is 1. The second-order valence-electron chi connectivity index (χ2n) is 5.26. The monoisotopic (exact) mass is 339 g/mol. The molecule has 1 fully saturated rings. The number of aromatic nitrogens is 2. The van der Waals surface area contributed by atoms with Crippen molar-refractivity contribution in [1.82, 2.24) is 9.78 Å². The topological polar surface area (TPSA) is 67.2 Å². The van der Waals surface area contributed by atoms with Gasteiger partial charge < -0.3 is 10.4 Å². The maximum absolute atomic E-state index is 12.0. The molecule has 6 heteroatoms.